The lowest BCUT2D eigenvalue weighted by Crippen LogP contribution is -2.32. The van der Waals surface area contributed by atoms with E-state index in [2.05, 4.69) is 21.2 Å². The van der Waals surface area contributed by atoms with Crippen LogP contribution in [0.5, 0.6) is 17.2 Å². The van der Waals surface area contributed by atoms with Crippen LogP contribution < -0.4 is 30.3 Å². The van der Waals surface area contributed by atoms with Crippen molar-refractivity contribution in [1.82, 2.24) is 5.43 Å². The molecule has 0 atom stereocenters. The van der Waals surface area contributed by atoms with Crippen LogP contribution in [0.1, 0.15) is 5.56 Å². The van der Waals surface area contributed by atoms with Crippen LogP contribution in [-0.4, -0.2) is 44.8 Å². The van der Waals surface area contributed by atoms with Crippen molar-refractivity contribution in [3.63, 3.8) is 0 Å². The van der Waals surface area contributed by atoms with Gasteiger partial charge in [0, 0.05) is 11.8 Å². The Kier molecular flexibility index (Phi) is 8.78. The van der Waals surface area contributed by atoms with Gasteiger partial charge < -0.3 is 24.8 Å². The number of nitrogens with zero attached hydrogens (tertiary/aromatic N) is 1. The second-order valence-electron chi connectivity index (χ2n) is 6.99. The molecule has 0 heterocycles. The highest BCUT2D eigenvalue weighted by atomic mass is 16.5. The number of amides is 3. The molecule has 3 aromatic carbocycles. The minimum absolute atomic E-state index is 0.179. The van der Waals surface area contributed by atoms with E-state index in [9.17, 15) is 14.4 Å². The number of carbonyl (C=O) groups is 3. The first-order valence-electron chi connectivity index (χ1n) is 10.4. The Morgan fingerprint density at radius 2 is 1.60 bits per heavy atom. The molecule has 3 rings (SSSR count). The molecule has 35 heavy (non-hydrogen) atoms. The number of rotatable bonds is 9. The topological polar surface area (TPSA) is 127 Å². The van der Waals surface area contributed by atoms with Crippen molar-refractivity contribution in [1.29, 1.82) is 0 Å². The molecule has 0 aliphatic carbocycles. The predicted octanol–water partition coefficient (Wildman–Crippen LogP) is 2.81. The van der Waals surface area contributed by atoms with Gasteiger partial charge in [-0.15, -0.1) is 0 Å². The zero-order valence-corrected chi connectivity index (χ0v) is 19.1. The number of anilines is 2. The molecular weight excluding hydrogens is 452 g/mol. The van der Waals surface area contributed by atoms with E-state index in [-0.39, 0.29) is 12.5 Å². The summed E-state index contributed by atoms with van der Waals surface area (Å²) in [5.74, 6) is -0.607. The lowest BCUT2D eigenvalue weighted by molar-refractivity contribution is -0.136. The standard InChI is InChI=1S/C25H24N4O6/c1-33-20-7-5-6-18(14-20)27-23(30)16-35-19-12-10-17(11-13-19)15-26-29-25(32)24(31)28-21-8-3-4-9-22(21)34-2/h3-15H,16H2,1-2H3,(H,27,30)(H,28,31)(H,29,32)/b26-15-. The van der Waals surface area contributed by atoms with Crippen molar-refractivity contribution in [3.8, 4) is 17.2 Å². The molecule has 0 unspecified atom stereocenters. The van der Waals surface area contributed by atoms with E-state index >= 15 is 0 Å². The van der Waals surface area contributed by atoms with Gasteiger partial charge in [0.2, 0.25) is 0 Å². The summed E-state index contributed by atoms with van der Waals surface area (Å²) < 4.78 is 15.7. The van der Waals surface area contributed by atoms with Crippen LogP contribution >= 0.6 is 0 Å². The molecule has 0 spiro atoms. The Balaban J connectivity index is 1.44. The third-order valence-corrected chi connectivity index (χ3v) is 4.54. The SMILES string of the molecule is COc1cccc(NC(=O)COc2ccc(/C=N\NC(=O)C(=O)Nc3ccccc3OC)cc2)c1. The summed E-state index contributed by atoms with van der Waals surface area (Å²) in [5, 5.41) is 8.96. The van der Waals surface area contributed by atoms with Gasteiger partial charge in [-0.3, -0.25) is 14.4 Å². The fourth-order valence-corrected chi connectivity index (χ4v) is 2.84. The number of ether oxygens (including phenoxy) is 3. The second kappa shape index (κ2) is 12.4. The summed E-state index contributed by atoms with van der Waals surface area (Å²) in [5.41, 5.74) is 3.77. The first-order chi connectivity index (χ1) is 17.0. The van der Waals surface area contributed by atoms with E-state index in [1.54, 1.807) is 79.9 Å². The molecule has 0 saturated carbocycles. The van der Waals surface area contributed by atoms with Gasteiger partial charge in [-0.2, -0.15) is 5.10 Å². The fourth-order valence-electron chi connectivity index (χ4n) is 2.84. The molecule has 0 aliphatic heterocycles. The number of methoxy groups -OCH3 is 2. The number of benzene rings is 3. The second-order valence-corrected chi connectivity index (χ2v) is 6.99. The Hall–Kier alpha value is -4.86. The summed E-state index contributed by atoms with van der Waals surface area (Å²) in [6, 6.07) is 20.4. The van der Waals surface area contributed by atoms with Crippen LogP contribution in [0.4, 0.5) is 11.4 Å². The van der Waals surface area contributed by atoms with Gasteiger partial charge >= 0.3 is 11.8 Å². The van der Waals surface area contributed by atoms with Crippen LogP contribution in [0, 0.1) is 0 Å². The number of hydrogen-bond donors (Lipinski definition) is 3. The quantitative estimate of drug-likeness (QED) is 0.248. The summed E-state index contributed by atoms with van der Waals surface area (Å²) in [4.78, 5) is 36.1. The molecule has 0 aromatic heterocycles. The average molecular weight is 476 g/mol. The first kappa shape index (κ1) is 24.8. The van der Waals surface area contributed by atoms with Crippen LogP contribution in [-0.2, 0) is 14.4 Å². The van der Waals surface area contributed by atoms with Gasteiger partial charge in [0.1, 0.15) is 17.2 Å². The van der Waals surface area contributed by atoms with Crippen LogP contribution in [0.25, 0.3) is 0 Å². The molecule has 0 aliphatic rings. The van der Waals surface area contributed by atoms with Crippen LogP contribution in [0.15, 0.2) is 77.9 Å². The number of hydrazone groups is 1. The number of carbonyl (C=O) groups excluding carboxylic acids is 3. The van der Waals surface area contributed by atoms with Crippen LogP contribution in [0.2, 0.25) is 0 Å². The normalized spacial score (nSPS) is 10.3. The van der Waals surface area contributed by atoms with Gasteiger partial charge in [-0.25, -0.2) is 5.43 Å². The molecular formula is C25H24N4O6. The predicted molar refractivity (Wildman–Crippen MR) is 131 cm³/mol. The zero-order chi connectivity index (χ0) is 25.0. The van der Waals surface area contributed by atoms with Crippen molar-refractivity contribution in [2.45, 2.75) is 0 Å². The largest absolute Gasteiger partial charge is 0.497 e. The van der Waals surface area contributed by atoms with E-state index in [0.29, 0.717) is 34.2 Å². The molecule has 0 saturated heterocycles. The Morgan fingerprint density at radius 1 is 0.829 bits per heavy atom. The van der Waals surface area contributed by atoms with Crippen molar-refractivity contribution >= 4 is 35.3 Å². The van der Waals surface area contributed by atoms with E-state index in [4.69, 9.17) is 14.2 Å². The minimum atomic E-state index is -0.936. The Labute approximate surface area is 201 Å². The molecule has 10 heteroatoms. The third kappa shape index (κ3) is 7.60. The first-order valence-corrected chi connectivity index (χ1v) is 10.4. The summed E-state index contributed by atoms with van der Waals surface area (Å²) in [6.07, 6.45) is 1.37. The van der Waals surface area contributed by atoms with Gasteiger partial charge in [0.05, 0.1) is 26.1 Å². The minimum Gasteiger partial charge on any atom is -0.497 e. The summed E-state index contributed by atoms with van der Waals surface area (Å²) in [6.45, 7) is -0.179. The van der Waals surface area contributed by atoms with Gasteiger partial charge in [-0.05, 0) is 54.1 Å². The molecule has 0 bridgehead atoms. The molecule has 0 radical (unpaired) electrons. The van der Waals surface area contributed by atoms with E-state index in [1.165, 1.54) is 13.3 Å². The van der Waals surface area contributed by atoms with E-state index < -0.39 is 11.8 Å². The average Bonchev–Trinajstić information content (AvgIpc) is 2.88. The smallest absolute Gasteiger partial charge is 0.329 e. The highest BCUT2D eigenvalue weighted by molar-refractivity contribution is 6.39. The number of nitrogens with one attached hydrogen (secondary N) is 3. The van der Waals surface area contributed by atoms with E-state index in [1.807, 2.05) is 0 Å². The maximum Gasteiger partial charge on any atom is 0.329 e. The van der Waals surface area contributed by atoms with Crippen molar-refractivity contribution in [2.24, 2.45) is 5.10 Å². The van der Waals surface area contributed by atoms with Crippen molar-refractivity contribution in [3.05, 3.63) is 78.4 Å². The van der Waals surface area contributed by atoms with Gasteiger partial charge in [-0.1, -0.05) is 18.2 Å². The van der Waals surface area contributed by atoms with Crippen LogP contribution in [0.3, 0.4) is 0 Å². The highest BCUT2D eigenvalue weighted by Crippen LogP contribution is 2.22. The monoisotopic (exact) mass is 476 g/mol. The number of para-hydroxylation sites is 2. The fraction of sp³-hybridized carbons (Fsp3) is 0.120. The van der Waals surface area contributed by atoms with Gasteiger partial charge in [0.25, 0.3) is 5.91 Å². The number of hydrogen-bond acceptors (Lipinski definition) is 7. The lowest BCUT2D eigenvalue weighted by Gasteiger charge is -2.09. The summed E-state index contributed by atoms with van der Waals surface area (Å²) >= 11 is 0. The molecule has 10 nitrogen and oxygen atoms in total. The maximum atomic E-state index is 12.1. The van der Waals surface area contributed by atoms with E-state index in [0.717, 1.165) is 0 Å². The van der Waals surface area contributed by atoms with Crippen molar-refractivity contribution in [2.75, 3.05) is 31.5 Å². The third-order valence-electron chi connectivity index (χ3n) is 4.54. The molecule has 180 valence electrons. The molecule has 3 aromatic rings. The Morgan fingerprint density at radius 3 is 2.34 bits per heavy atom. The molecule has 3 amide bonds. The highest BCUT2D eigenvalue weighted by Gasteiger charge is 2.14. The Bertz CT molecular complexity index is 1210. The molecule has 3 N–H and O–H groups in total. The summed E-state index contributed by atoms with van der Waals surface area (Å²) in [7, 11) is 3.01. The zero-order valence-electron chi connectivity index (χ0n) is 19.1. The lowest BCUT2D eigenvalue weighted by atomic mass is 10.2. The van der Waals surface area contributed by atoms with Crippen molar-refractivity contribution < 1.29 is 28.6 Å². The van der Waals surface area contributed by atoms with Gasteiger partial charge in [0.15, 0.2) is 6.61 Å². The molecule has 0 fully saturated rings. The maximum absolute atomic E-state index is 12.1.